The maximum absolute atomic E-state index is 10.5. The van der Waals surface area contributed by atoms with Gasteiger partial charge in [0, 0.05) is 0 Å². The van der Waals surface area contributed by atoms with Crippen molar-refractivity contribution in [2.75, 3.05) is 0 Å². The lowest BCUT2D eigenvalue weighted by Crippen LogP contribution is -1.92. The molecule has 0 aromatic heterocycles. The molecule has 0 heterocycles. The number of rotatable bonds is 5. The molecular weight excluding hydrogens is 200 g/mol. The van der Waals surface area contributed by atoms with Crippen LogP contribution in [-0.2, 0) is 11.2 Å². The van der Waals surface area contributed by atoms with Crippen LogP contribution in [0.4, 0.5) is 0 Å². The predicted octanol–water partition coefficient (Wildman–Crippen LogP) is 3.52. The summed E-state index contributed by atoms with van der Waals surface area (Å²) < 4.78 is 0. The van der Waals surface area contributed by atoms with Gasteiger partial charge in [-0.25, -0.2) is 0 Å². The minimum atomic E-state index is -0.781. The molecule has 16 heavy (non-hydrogen) atoms. The fourth-order valence-corrected chi connectivity index (χ4v) is 1.63. The van der Waals surface area contributed by atoms with Crippen LogP contribution in [0.3, 0.4) is 0 Å². The predicted molar refractivity (Wildman–Crippen MR) is 66.3 cm³/mol. The normalized spacial score (nSPS) is 11.5. The quantitative estimate of drug-likeness (QED) is 0.821. The zero-order valence-corrected chi connectivity index (χ0v) is 9.86. The number of aliphatic carboxylic acids is 1. The van der Waals surface area contributed by atoms with E-state index in [1.807, 2.05) is 6.92 Å². The van der Waals surface area contributed by atoms with Crippen molar-refractivity contribution in [1.82, 2.24) is 0 Å². The van der Waals surface area contributed by atoms with Crippen LogP contribution in [0, 0.1) is 0 Å². The third-order valence-corrected chi connectivity index (χ3v) is 2.64. The molecule has 1 aromatic carbocycles. The number of hydrogen-bond donors (Lipinski definition) is 1. The van der Waals surface area contributed by atoms with Gasteiger partial charge in [0.05, 0.1) is 6.42 Å². The Morgan fingerprint density at radius 1 is 1.25 bits per heavy atom. The Bertz CT molecular complexity index is 374. The summed E-state index contributed by atoms with van der Waals surface area (Å²) in [6.07, 6.45) is 3.78. The zero-order chi connectivity index (χ0) is 12.0. The smallest absolute Gasteiger partial charge is 0.307 e. The third kappa shape index (κ3) is 3.54. The molecule has 0 amide bonds. The van der Waals surface area contributed by atoms with Gasteiger partial charge in [0.25, 0.3) is 0 Å². The van der Waals surface area contributed by atoms with Gasteiger partial charge in [0.15, 0.2) is 0 Å². The molecule has 0 fully saturated rings. The first-order valence-corrected chi connectivity index (χ1v) is 5.67. The van der Waals surface area contributed by atoms with Gasteiger partial charge in [0.1, 0.15) is 0 Å². The molecule has 0 aliphatic carbocycles. The van der Waals surface area contributed by atoms with E-state index in [2.05, 4.69) is 31.2 Å². The lowest BCUT2D eigenvalue weighted by Gasteiger charge is -2.05. The van der Waals surface area contributed by atoms with Crippen molar-refractivity contribution in [2.45, 2.75) is 33.1 Å². The third-order valence-electron chi connectivity index (χ3n) is 2.64. The molecule has 1 aromatic rings. The second kappa shape index (κ2) is 6.11. The number of benzene rings is 1. The molecule has 0 saturated carbocycles. The summed E-state index contributed by atoms with van der Waals surface area (Å²) in [5.41, 5.74) is 3.53. The van der Waals surface area contributed by atoms with Crippen molar-refractivity contribution >= 4 is 11.5 Å². The number of carboxylic acids is 1. The highest BCUT2D eigenvalue weighted by molar-refractivity contribution is 5.74. The van der Waals surface area contributed by atoms with Gasteiger partial charge in [-0.05, 0) is 29.5 Å². The van der Waals surface area contributed by atoms with Crippen molar-refractivity contribution in [1.29, 1.82) is 0 Å². The van der Waals surface area contributed by atoms with Gasteiger partial charge in [-0.1, -0.05) is 44.2 Å². The highest BCUT2D eigenvalue weighted by Crippen LogP contribution is 2.19. The SMILES string of the molecule is CC/C(=C\CC(=O)O)c1ccc(CC)cc1. The van der Waals surface area contributed by atoms with Crippen LogP contribution in [-0.4, -0.2) is 11.1 Å². The average molecular weight is 218 g/mol. The summed E-state index contributed by atoms with van der Waals surface area (Å²) in [6, 6.07) is 8.32. The van der Waals surface area contributed by atoms with Gasteiger partial charge in [-0.15, -0.1) is 0 Å². The molecule has 1 N–H and O–H groups in total. The molecule has 86 valence electrons. The fourth-order valence-electron chi connectivity index (χ4n) is 1.63. The number of carboxylic acid groups (broad SMARTS) is 1. The molecule has 2 heteroatoms. The van der Waals surface area contributed by atoms with Gasteiger partial charge in [0.2, 0.25) is 0 Å². The lowest BCUT2D eigenvalue weighted by atomic mass is 10.0. The molecule has 0 radical (unpaired) electrons. The van der Waals surface area contributed by atoms with Crippen LogP contribution < -0.4 is 0 Å². The fraction of sp³-hybridized carbons (Fsp3) is 0.357. The van der Waals surface area contributed by atoms with E-state index in [1.165, 1.54) is 5.56 Å². The summed E-state index contributed by atoms with van der Waals surface area (Å²) >= 11 is 0. The van der Waals surface area contributed by atoms with Crippen molar-refractivity contribution < 1.29 is 9.90 Å². The molecular formula is C14H18O2. The highest BCUT2D eigenvalue weighted by atomic mass is 16.4. The second-order valence-electron chi connectivity index (χ2n) is 3.73. The standard InChI is InChI=1S/C14H18O2/c1-3-11-5-7-13(8-6-11)12(4-2)9-10-14(15)16/h5-9H,3-4,10H2,1-2H3,(H,15,16)/b12-9+. The first kappa shape index (κ1) is 12.5. The topological polar surface area (TPSA) is 37.3 Å². The summed E-state index contributed by atoms with van der Waals surface area (Å²) in [5, 5.41) is 8.64. The first-order chi connectivity index (χ1) is 7.67. The first-order valence-electron chi connectivity index (χ1n) is 5.67. The molecule has 0 aliphatic heterocycles. The second-order valence-corrected chi connectivity index (χ2v) is 3.73. The summed E-state index contributed by atoms with van der Waals surface area (Å²) in [4.78, 5) is 10.5. The van der Waals surface area contributed by atoms with Crippen LogP contribution in [0.5, 0.6) is 0 Å². The number of hydrogen-bond acceptors (Lipinski definition) is 1. The molecule has 1 rings (SSSR count). The van der Waals surface area contributed by atoms with Crippen molar-refractivity contribution in [3.63, 3.8) is 0 Å². The van der Waals surface area contributed by atoms with Gasteiger partial charge >= 0.3 is 5.97 Å². The minimum absolute atomic E-state index is 0.0959. The summed E-state index contributed by atoms with van der Waals surface area (Å²) in [7, 11) is 0. The average Bonchev–Trinajstić information content (AvgIpc) is 2.30. The van der Waals surface area contributed by atoms with Crippen molar-refractivity contribution in [3.8, 4) is 0 Å². The molecule has 0 atom stereocenters. The van der Waals surface area contributed by atoms with E-state index in [0.29, 0.717) is 0 Å². The summed E-state index contributed by atoms with van der Waals surface area (Å²) in [6.45, 7) is 4.16. The van der Waals surface area contributed by atoms with Gasteiger partial charge < -0.3 is 5.11 Å². The van der Waals surface area contributed by atoms with E-state index in [0.717, 1.165) is 24.0 Å². The Hall–Kier alpha value is -1.57. The van der Waals surface area contributed by atoms with Crippen molar-refractivity contribution in [3.05, 3.63) is 41.5 Å². The molecule has 0 spiro atoms. The van der Waals surface area contributed by atoms with E-state index in [4.69, 9.17) is 5.11 Å². The highest BCUT2D eigenvalue weighted by Gasteiger charge is 2.00. The number of carbonyl (C=O) groups is 1. The Morgan fingerprint density at radius 3 is 2.31 bits per heavy atom. The maximum Gasteiger partial charge on any atom is 0.307 e. The maximum atomic E-state index is 10.5. The Balaban J connectivity index is 2.86. The van der Waals surface area contributed by atoms with E-state index < -0.39 is 5.97 Å². The summed E-state index contributed by atoms with van der Waals surface area (Å²) in [5.74, 6) is -0.781. The van der Waals surface area contributed by atoms with E-state index in [-0.39, 0.29) is 6.42 Å². The Kier molecular flexibility index (Phi) is 4.77. The Labute approximate surface area is 96.6 Å². The monoisotopic (exact) mass is 218 g/mol. The molecule has 0 bridgehead atoms. The molecule has 2 nitrogen and oxygen atoms in total. The molecule has 0 saturated heterocycles. The zero-order valence-electron chi connectivity index (χ0n) is 9.86. The van der Waals surface area contributed by atoms with Crippen LogP contribution in [0.25, 0.3) is 5.57 Å². The molecule has 0 unspecified atom stereocenters. The lowest BCUT2D eigenvalue weighted by molar-refractivity contribution is -0.135. The van der Waals surface area contributed by atoms with Crippen LogP contribution in [0.1, 0.15) is 37.8 Å². The molecule has 0 aliphatic rings. The van der Waals surface area contributed by atoms with Crippen molar-refractivity contribution in [2.24, 2.45) is 0 Å². The minimum Gasteiger partial charge on any atom is -0.481 e. The van der Waals surface area contributed by atoms with E-state index in [1.54, 1.807) is 6.08 Å². The van der Waals surface area contributed by atoms with E-state index >= 15 is 0 Å². The van der Waals surface area contributed by atoms with Gasteiger partial charge in [-0.3, -0.25) is 4.79 Å². The van der Waals surface area contributed by atoms with Gasteiger partial charge in [-0.2, -0.15) is 0 Å². The largest absolute Gasteiger partial charge is 0.481 e. The van der Waals surface area contributed by atoms with E-state index in [9.17, 15) is 4.79 Å². The Morgan fingerprint density at radius 2 is 1.88 bits per heavy atom. The van der Waals surface area contributed by atoms with Crippen LogP contribution in [0.2, 0.25) is 0 Å². The number of aryl methyl sites for hydroxylation is 1. The van der Waals surface area contributed by atoms with Crippen LogP contribution in [0.15, 0.2) is 30.3 Å². The number of allylic oxidation sites excluding steroid dienone is 1. The van der Waals surface area contributed by atoms with Crippen LogP contribution >= 0.6 is 0 Å².